The number of hydrogen-bond acceptors (Lipinski definition) is 12. The molecule has 0 N–H and O–H groups in total. The van der Waals surface area contributed by atoms with Gasteiger partial charge in [-0.1, -0.05) is 159 Å². The molecule has 8 aromatic rings. The van der Waals surface area contributed by atoms with Crippen LogP contribution in [0.25, 0.3) is 0 Å². The summed E-state index contributed by atoms with van der Waals surface area (Å²) in [5, 5.41) is 5.07. The Kier molecular flexibility index (Phi) is 32.2. The first-order valence-corrected chi connectivity index (χ1v) is 36.1. The van der Waals surface area contributed by atoms with Crippen LogP contribution in [-0.4, -0.2) is 63.2 Å². The number of aryl methyl sites for hydroxylation is 8. The van der Waals surface area contributed by atoms with Crippen molar-refractivity contribution >= 4 is 77.5 Å². The van der Waals surface area contributed by atoms with Crippen LogP contribution in [0, 0.1) is 0 Å². The van der Waals surface area contributed by atoms with Crippen LogP contribution >= 0.6 is 15.8 Å². The van der Waals surface area contributed by atoms with E-state index in [0.29, 0.717) is 0 Å². The van der Waals surface area contributed by atoms with Gasteiger partial charge < -0.3 is 18.2 Å². The van der Waals surface area contributed by atoms with Gasteiger partial charge in [-0.3, -0.25) is 0 Å². The molecule has 8 rings (SSSR count). The van der Waals surface area contributed by atoms with Gasteiger partial charge in [0.05, 0.1) is 19.6 Å². The van der Waals surface area contributed by atoms with Gasteiger partial charge in [0.2, 0.25) is 0 Å². The molecule has 0 unspecified atom stereocenters. The number of benzene rings is 8. The maximum absolute atomic E-state index is 11.5. The molecule has 22 heteroatoms. The van der Waals surface area contributed by atoms with Crippen molar-refractivity contribution in [3.05, 3.63) is 239 Å². The molecule has 0 aliphatic rings. The first-order valence-electron chi connectivity index (χ1n) is 27.6. The maximum atomic E-state index is 11.5. The SMILES string of the molecule is C[C@H](C[C@@H](C)P(c1ccc(CCCc2ccc(S(=O)(=O)[O-])cc2)cc1)c1ccc(CCCc2ccc(S(=O)(=O)[O-])cc2)cc1)P(c1ccc(CCCc2ccc(S(=O)(=O)[O-])cc2)cc1)c1ccc(CCCc2ccc(S(=O)(=O)[O-])cc2)cc1.[Na+].[Na+].[Na+].[Na+]. The van der Waals surface area contributed by atoms with Crippen molar-refractivity contribution in [1.29, 1.82) is 0 Å². The fourth-order valence-electron chi connectivity index (χ4n) is 10.6. The first-order chi connectivity index (χ1) is 39.5. The Morgan fingerprint density at radius 1 is 0.264 bits per heavy atom. The summed E-state index contributed by atoms with van der Waals surface area (Å²) in [5.74, 6) is 0. The Morgan fingerprint density at radius 3 is 0.540 bits per heavy atom. The average Bonchev–Trinajstić information content (AvgIpc) is 3.65. The van der Waals surface area contributed by atoms with Crippen LogP contribution in [0.3, 0.4) is 0 Å². The molecule has 0 spiro atoms. The molecule has 2 atom stereocenters. The van der Waals surface area contributed by atoms with Gasteiger partial charge in [0.1, 0.15) is 40.5 Å². The molecule has 0 amide bonds. The largest absolute Gasteiger partial charge is 1.00 e. The molecule has 8 aromatic carbocycles. The summed E-state index contributed by atoms with van der Waals surface area (Å²) in [7, 11) is -19.8. The Labute approximate surface area is 606 Å². The second-order valence-corrected chi connectivity index (χ2v) is 32.0. The minimum atomic E-state index is -4.51. The van der Waals surface area contributed by atoms with E-state index >= 15 is 0 Å². The predicted molar refractivity (Wildman–Crippen MR) is 327 cm³/mol. The van der Waals surface area contributed by atoms with Crippen molar-refractivity contribution in [3.63, 3.8) is 0 Å². The van der Waals surface area contributed by atoms with Crippen molar-refractivity contribution in [2.45, 2.75) is 128 Å². The van der Waals surface area contributed by atoms with E-state index in [4.69, 9.17) is 0 Å². The van der Waals surface area contributed by atoms with Crippen LogP contribution in [0.15, 0.2) is 214 Å². The summed E-state index contributed by atoms with van der Waals surface area (Å²) in [5.41, 5.74) is 9.13. The zero-order valence-electron chi connectivity index (χ0n) is 50.2. The minimum Gasteiger partial charge on any atom is -0.744 e. The predicted octanol–water partition coefficient (Wildman–Crippen LogP) is -1.25. The van der Waals surface area contributed by atoms with E-state index < -0.39 is 56.3 Å². The second-order valence-electron chi connectivity index (χ2n) is 21.1. The topological polar surface area (TPSA) is 229 Å². The second kappa shape index (κ2) is 36.1. The third-order valence-electron chi connectivity index (χ3n) is 15.0. The standard InChI is InChI=1S/C65H70O12P2S4.4Na/c1-48(78(58-31-15-50(16-32-58)7-3-11-54-23-39-62(40-24-54)80(66,67)68)59-33-17-51(18-34-59)8-4-12-55-25-41-63(42-26-55)81(69,70)71)47-49(2)79(60-35-19-52(20-36-60)9-5-13-56-27-43-64(44-28-56)82(72,73)74)61-37-21-53(22-38-61)10-6-14-57-29-45-65(46-30-57)83(75,76)77;;;;/h15-46,48-49H,3-14,47H2,1-2H3,(H,66,67,68)(H,69,70,71)(H,72,73,74)(H,75,76,77);;;;/q;4*+1/p-4/t48-,49-;;;;/m1..../s1. The molecule has 0 radical (unpaired) electrons. The van der Waals surface area contributed by atoms with Gasteiger partial charge in [0, 0.05) is 0 Å². The fourth-order valence-corrected chi connectivity index (χ4v) is 18.2. The Hall–Kier alpha value is -1.74. The molecular weight excluding hydrogens is 1250 g/mol. The molecule has 0 aliphatic carbocycles. The Morgan fingerprint density at radius 2 is 0.402 bits per heavy atom. The molecule has 87 heavy (non-hydrogen) atoms. The molecule has 0 heterocycles. The number of rotatable bonds is 28. The van der Waals surface area contributed by atoms with Gasteiger partial charge in [0.15, 0.2) is 0 Å². The monoisotopic (exact) mass is 1320 g/mol. The molecule has 12 nitrogen and oxygen atoms in total. The minimum absolute atomic E-state index is 0. The van der Waals surface area contributed by atoms with Gasteiger partial charge in [-0.2, -0.15) is 0 Å². The molecule has 0 saturated heterocycles. The van der Waals surface area contributed by atoms with Crippen LogP contribution in [0.4, 0.5) is 0 Å². The van der Waals surface area contributed by atoms with E-state index in [1.165, 1.54) is 92.0 Å². The van der Waals surface area contributed by atoms with Gasteiger partial charge in [0.25, 0.3) is 0 Å². The van der Waals surface area contributed by atoms with Crippen LogP contribution in [0.1, 0.15) is 90.5 Å². The van der Waals surface area contributed by atoms with Crippen molar-refractivity contribution in [2.75, 3.05) is 0 Å². The smallest absolute Gasteiger partial charge is 0.744 e. The van der Waals surface area contributed by atoms with E-state index in [2.05, 4.69) is 111 Å². The van der Waals surface area contributed by atoms with Gasteiger partial charge >= 0.3 is 118 Å². The van der Waals surface area contributed by atoms with Crippen LogP contribution in [-0.2, 0) is 91.8 Å². The Balaban J connectivity index is 0.00000405. The third kappa shape index (κ3) is 24.0. The fraction of sp³-hybridized carbons (Fsp3) is 0.262. The van der Waals surface area contributed by atoms with Crippen LogP contribution in [0.2, 0.25) is 0 Å². The molecular formula is C65H66Na4O12P2S4. The Bertz CT molecular complexity index is 3380. The van der Waals surface area contributed by atoms with Gasteiger partial charge in [-0.05, 0) is 225 Å². The van der Waals surface area contributed by atoms with E-state index in [9.17, 15) is 51.9 Å². The molecule has 0 bridgehead atoms. The van der Waals surface area contributed by atoms with Gasteiger partial charge in [-0.15, -0.1) is 0 Å². The molecule has 0 fully saturated rings. The van der Waals surface area contributed by atoms with Crippen molar-refractivity contribution in [2.24, 2.45) is 0 Å². The molecule has 0 saturated carbocycles. The quantitative estimate of drug-likeness (QED) is 0.0319. The average molecular weight is 1320 g/mol. The third-order valence-corrected chi connectivity index (χ3v) is 24.0. The summed E-state index contributed by atoms with van der Waals surface area (Å²) >= 11 is 0. The van der Waals surface area contributed by atoms with Crippen molar-refractivity contribution in [3.8, 4) is 0 Å². The van der Waals surface area contributed by atoms with E-state index in [-0.39, 0.29) is 149 Å². The maximum Gasteiger partial charge on any atom is 1.00 e. The van der Waals surface area contributed by atoms with Crippen LogP contribution in [0.5, 0.6) is 0 Å². The zero-order chi connectivity index (χ0) is 59.4. The number of hydrogen-bond donors (Lipinski definition) is 0. The molecule has 436 valence electrons. The van der Waals surface area contributed by atoms with E-state index in [0.717, 1.165) is 106 Å². The molecule has 0 aromatic heterocycles. The summed E-state index contributed by atoms with van der Waals surface area (Å²) < 4.78 is 138. The zero-order valence-corrected chi connectivity index (χ0v) is 63.3. The normalized spacial score (nSPS) is 12.5. The molecule has 0 aliphatic heterocycles. The summed E-state index contributed by atoms with van der Waals surface area (Å²) in [4.78, 5) is -0.939. The summed E-state index contributed by atoms with van der Waals surface area (Å²) in [6.07, 6.45) is 10.5. The summed E-state index contributed by atoms with van der Waals surface area (Å²) in [6.45, 7) is 4.74. The van der Waals surface area contributed by atoms with E-state index in [1.807, 2.05) is 0 Å². The van der Waals surface area contributed by atoms with Crippen LogP contribution < -0.4 is 139 Å². The van der Waals surface area contributed by atoms with Crippen molar-refractivity contribution < 1.29 is 170 Å². The van der Waals surface area contributed by atoms with Gasteiger partial charge in [-0.25, -0.2) is 33.7 Å². The first kappa shape index (κ1) is 77.7. The summed E-state index contributed by atoms with van der Waals surface area (Å²) in [6, 6.07) is 60.4. The van der Waals surface area contributed by atoms with E-state index in [1.54, 1.807) is 48.5 Å². The van der Waals surface area contributed by atoms with Crippen molar-refractivity contribution in [1.82, 2.24) is 0 Å².